The number of rotatable bonds is 6. The molecule has 170 valence electrons. The first-order valence-electron chi connectivity index (χ1n) is 10.1. The lowest BCUT2D eigenvalue weighted by molar-refractivity contribution is 0.0769. The van der Waals surface area contributed by atoms with E-state index >= 15 is 0 Å². The number of aromatic nitrogens is 3. The molecule has 1 aromatic carbocycles. The van der Waals surface area contributed by atoms with Gasteiger partial charge in [-0.25, -0.2) is 22.3 Å². The van der Waals surface area contributed by atoms with Gasteiger partial charge in [0.05, 0.1) is 29.7 Å². The van der Waals surface area contributed by atoms with E-state index < -0.39 is 9.84 Å². The van der Waals surface area contributed by atoms with Gasteiger partial charge < -0.3 is 15.0 Å². The van der Waals surface area contributed by atoms with Crippen LogP contribution in [0, 0.1) is 12.7 Å². The monoisotopic (exact) mass is 461 g/mol. The summed E-state index contributed by atoms with van der Waals surface area (Å²) in [5, 5.41) is 7.55. The number of hydrogen-bond acceptors (Lipinski definition) is 7. The Morgan fingerprint density at radius 2 is 1.94 bits per heavy atom. The highest BCUT2D eigenvalue weighted by atomic mass is 32.2. The number of methoxy groups -OCH3 is 1. The summed E-state index contributed by atoms with van der Waals surface area (Å²) in [6.07, 6.45) is 3.01. The molecule has 1 amide bonds. The minimum Gasteiger partial charge on any atom is -0.382 e. The Hall–Kier alpha value is -3.05. The summed E-state index contributed by atoms with van der Waals surface area (Å²) in [6, 6.07) is 5.81. The number of carbonyl (C=O) groups is 1. The molecule has 3 aromatic rings. The predicted molar refractivity (Wildman–Crippen MR) is 117 cm³/mol. The van der Waals surface area contributed by atoms with Crippen molar-refractivity contribution in [1.82, 2.24) is 19.5 Å². The largest absolute Gasteiger partial charge is 0.382 e. The lowest BCUT2D eigenvalue weighted by Gasteiger charge is -2.26. The number of fused-ring (bicyclic) bond motifs is 1. The van der Waals surface area contributed by atoms with Crippen molar-refractivity contribution < 1.29 is 22.3 Å². The topological polar surface area (TPSA) is 106 Å². The van der Waals surface area contributed by atoms with Gasteiger partial charge in [0.15, 0.2) is 15.7 Å². The number of amides is 1. The quantitative estimate of drug-likeness (QED) is 0.597. The van der Waals surface area contributed by atoms with E-state index in [0.29, 0.717) is 29.1 Å². The summed E-state index contributed by atoms with van der Waals surface area (Å²) in [4.78, 5) is 19.0. The maximum absolute atomic E-state index is 13.4. The molecule has 1 aliphatic rings. The van der Waals surface area contributed by atoms with Crippen LogP contribution in [0.4, 0.5) is 10.2 Å². The van der Waals surface area contributed by atoms with Crippen molar-refractivity contribution in [3.05, 3.63) is 59.3 Å². The van der Waals surface area contributed by atoms with Gasteiger partial charge in [-0.15, -0.1) is 0 Å². The average molecular weight is 462 g/mol. The van der Waals surface area contributed by atoms with E-state index in [1.807, 2.05) is 0 Å². The minimum atomic E-state index is -3.09. The van der Waals surface area contributed by atoms with Crippen LogP contribution in [-0.2, 0) is 14.6 Å². The van der Waals surface area contributed by atoms with E-state index in [2.05, 4.69) is 15.4 Å². The number of nitrogens with one attached hydrogen (secondary N) is 1. The number of nitrogens with zero attached hydrogens (tertiary/aromatic N) is 4. The lowest BCUT2D eigenvalue weighted by atomic mass is 10.1. The third-order valence-electron chi connectivity index (χ3n) is 5.61. The number of hydrogen-bond donors (Lipinski definition) is 1. The van der Waals surface area contributed by atoms with E-state index in [0.717, 1.165) is 5.56 Å². The Labute approximate surface area is 185 Å². The van der Waals surface area contributed by atoms with Crippen molar-refractivity contribution in [2.75, 3.05) is 43.6 Å². The summed E-state index contributed by atoms with van der Waals surface area (Å²) in [5.74, 6) is -0.127. The zero-order valence-electron chi connectivity index (χ0n) is 17.8. The summed E-state index contributed by atoms with van der Waals surface area (Å²) >= 11 is 0. The zero-order valence-corrected chi connectivity index (χ0v) is 18.6. The number of halogens is 1. The highest BCUT2D eigenvalue weighted by molar-refractivity contribution is 7.91. The van der Waals surface area contributed by atoms with Crippen LogP contribution in [0.2, 0.25) is 0 Å². The first-order chi connectivity index (χ1) is 15.3. The molecule has 3 heterocycles. The van der Waals surface area contributed by atoms with Gasteiger partial charge in [0.2, 0.25) is 0 Å². The fraction of sp³-hybridized carbons (Fsp3) is 0.381. The summed E-state index contributed by atoms with van der Waals surface area (Å²) in [6.45, 7) is 2.46. The molecule has 0 saturated carbocycles. The molecule has 1 unspecified atom stereocenters. The number of aryl methyl sites for hydroxylation is 1. The number of carbonyl (C=O) groups excluding carboxylic acids is 1. The van der Waals surface area contributed by atoms with Gasteiger partial charge in [-0.1, -0.05) is 12.1 Å². The van der Waals surface area contributed by atoms with Gasteiger partial charge in [-0.2, -0.15) is 5.10 Å². The van der Waals surface area contributed by atoms with E-state index in [1.165, 1.54) is 18.5 Å². The van der Waals surface area contributed by atoms with Crippen LogP contribution >= 0.6 is 0 Å². The maximum atomic E-state index is 13.4. The van der Waals surface area contributed by atoms with Crippen LogP contribution in [0.15, 0.2) is 36.8 Å². The van der Waals surface area contributed by atoms with Crippen molar-refractivity contribution in [3.8, 4) is 0 Å². The van der Waals surface area contributed by atoms with Gasteiger partial charge in [-0.3, -0.25) is 4.79 Å². The molecule has 4 rings (SSSR count). The second-order valence-electron chi connectivity index (χ2n) is 7.72. The van der Waals surface area contributed by atoms with Gasteiger partial charge in [-0.05, 0) is 30.2 Å². The molecular weight excluding hydrogens is 437 g/mol. The van der Waals surface area contributed by atoms with Crippen molar-refractivity contribution in [2.45, 2.75) is 13.0 Å². The van der Waals surface area contributed by atoms with E-state index in [4.69, 9.17) is 4.74 Å². The van der Waals surface area contributed by atoms with Crippen LogP contribution in [0.1, 0.15) is 27.5 Å². The first kappa shape index (κ1) is 22.2. The molecule has 0 aliphatic carbocycles. The molecule has 1 saturated heterocycles. The van der Waals surface area contributed by atoms with Crippen LogP contribution in [0.5, 0.6) is 0 Å². The Bertz CT molecular complexity index is 1230. The van der Waals surface area contributed by atoms with Gasteiger partial charge >= 0.3 is 0 Å². The van der Waals surface area contributed by atoms with Crippen LogP contribution in [-0.4, -0.2) is 72.1 Å². The van der Waals surface area contributed by atoms with Gasteiger partial charge in [0.25, 0.3) is 5.91 Å². The normalized spacial score (nSPS) is 16.8. The third kappa shape index (κ3) is 4.44. The molecule has 11 heteroatoms. The second kappa shape index (κ2) is 8.83. The van der Waals surface area contributed by atoms with Gasteiger partial charge in [0, 0.05) is 26.4 Å². The fourth-order valence-corrected chi connectivity index (χ4v) is 5.02. The van der Waals surface area contributed by atoms with Crippen molar-refractivity contribution in [1.29, 1.82) is 0 Å². The Morgan fingerprint density at radius 3 is 2.59 bits per heavy atom. The van der Waals surface area contributed by atoms with Crippen LogP contribution in [0.3, 0.4) is 0 Å². The Kier molecular flexibility index (Phi) is 6.11. The molecule has 2 aromatic heterocycles. The number of ether oxygens (including phenoxy) is 1. The lowest BCUT2D eigenvalue weighted by Crippen LogP contribution is -2.43. The van der Waals surface area contributed by atoms with E-state index in [1.54, 1.807) is 41.8 Å². The Morgan fingerprint density at radius 1 is 1.25 bits per heavy atom. The summed E-state index contributed by atoms with van der Waals surface area (Å²) in [7, 11) is -1.51. The molecule has 0 spiro atoms. The zero-order chi connectivity index (χ0) is 22.9. The van der Waals surface area contributed by atoms with Crippen molar-refractivity contribution in [2.24, 2.45) is 0 Å². The Balaban J connectivity index is 1.65. The smallest absolute Gasteiger partial charge is 0.255 e. The van der Waals surface area contributed by atoms with Crippen molar-refractivity contribution >= 4 is 27.1 Å². The highest BCUT2D eigenvalue weighted by Crippen LogP contribution is 2.27. The van der Waals surface area contributed by atoms with E-state index in [9.17, 15) is 17.6 Å². The molecule has 1 aliphatic heterocycles. The standard InChI is InChI=1S/C21H24FN5O4S/c1-14-17(21(28)26-7-9-32(29,30)10-8-26)11-27-19(14)20(23-13-24-27)25-18(12-31-2)15-3-5-16(22)6-4-15/h3-6,11,13,18H,7-10,12H2,1-2H3,(H,23,24,25). The van der Waals surface area contributed by atoms with Crippen LogP contribution < -0.4 is 5.32 Å². The average Bonchev–Trinajstić information content (AvgIpc) is 3.11. The molecule has 1 N–H and O–H groups in total. The fourth-order valence-electron chi connectivity index (χ4n) is 3.82. The van der Waals surface area contributed by atoms with E-state index in [-0.39, 0.29) is 42.4 Å². The molecule has 9 nitrogen and oxygen atoms in total. The maximum Gasteiger partial charge on any atom is 0.255 e. The van der Waals surface area contributed by atoms with Crippen LogP contribution in [0.25, 0.3) is 5.52 Å². The second-order valence-corrected chi connectivity index (χ2v) is 10.0. The molecular formula is C21H24FN5O4S. The van der Waals surface area contributed by atoms with Crippen molar-refractivity contribution in [3.63, 3.8) is 0 Å². The molecule has 0 bridgehead atoms. The third-order valence-corrected chi connectivity index (χ3v) is 7.21. The predicted octanol–water partition coefficient (Wildman–Crippen LogP) is 1.85. The SMILES string of the molecule is COCC(Nc1ncnn2cc(C(=O)N3CCS(=O)(=O)CC3)c(C)c12)c1ccc(F)cc1. The number of sulfone groups is 1. The van der Waals surface area contributed by atoms with Gasteiger partial charge in [0.1, 0.15) is 17.7 Å². The number of benzene rings is 1. The summed E-state index contributed by atoms with van der Waals surface area (Å²) in [5.41, 5.74) is 2.57. The molecule has 0 radical (unpaired) electrons. The number of anilines is 1. The first-order valence-corrected chi connectivity index (χ1v) is 11.9. The molecule has 1 fully saturated rings. The molecule has 32 heavy (non-hydrogen) atoms. The molecule has 1 atom stereocenters. The summed E-state index contributed by atoms with van der Waals surface area (Å²) < 4.78 is 43.7. The minimum absolute atomic E-state index is 0.0336. The highest BCUT2D eigenvalue weighted by Gasteiger charge is 2.28.